The highest BCUT2D eigenvalue weighted by molar-refractivity contribution is 6.00. The Labute approximate surface area is 195 Å². The maximum atomic E-state index is 13.3. The van der Waals surface area contributed by atoms with E-state index in [4.69, 9.17) is 9.47 Å². The lowest BCUT2D eigenvalue weighted by molar-refractivity contribution is -0.132. The van der Waals surface area contributed by atoms with Gasteiger partial charge in [0.25, 0.3) is 5.91 Å². The van der Waals surface area contributed by atoms with E-state index >= 15 is 0 Å². The Morgan fingerprint density at radius 1 is 1.12 bits per heavy atom. The van der Waals surface area contributed by atoms with E-state index in [2.05, 4.69) is 9.88 Å². The molecule has 0 radical (unpaired) electrons. The summed E-state index contributed by atoms with van der Waals surface area (Å²) in [6, 6.07) is 11.4. The second-order valence-electron chi connectivity index (χ2n) is 8.45. The van der Waals surface area contributed by atoms with Crippen molar-refractivity contribution in [2.75, 3.05) is 50.8 Å². The molecule has 2 amide bonds. The van der Waals surface area contributed by atoms with Crippen LogP contribution in [0.1, 0.15) is 25.3 Å². The predicted octanol–water partition coefficient (Wildman–Crippen LogP) is 2.34. The average molecular weight is 453 g/mol. The van der Waals surface area contributed by atoms with Crippen LogP contribution in [0, 0.1) is 0 Å². The average Bonchev–Trinajstić information content (AvgIpc) is 2.85. The summed E-state index contributed by atoms with van der Waals surface area (Å²) in [4.78, 5) is 36.1. The van der Waals surface area contributed by atoms with Crippen molar-refractivity contribution in [1.82, 2.24) is 14.8 Å². The second kappa shape index (κ2) is 11.2. The Kier molecular flexibility index (Phi) is 7.91. The van der Waals surface area contributed by atoms with E-state index in [0.717, 1.165) is 50.5 Å². The molecule has 0 N–H and O–H groups in total. The molecule has 0 aliphatic carbocycles. The summed E-state index contributed by atoms with van der Waals surface area (Å²) in [6.45, 7) is 7.64. The first-order valence-electron chi connectivity index (χ1n) is 11.7. The number of carbonyl (C=O) groups is 2. The number of benzene rings is 1. The van der Waals surface area contributed by atoms with E-state index in [1.165, 1.54) is 0 Å². The van der Waals surface area contributed by atoms with Crippen LogP contribution in [0.5, 0.6) is 5.75 Å². The van der Waals surface area contributed by atoms with E-state index in [1.807, 2.05) is 41.3 Å². The van der Waals surface area contributed by atoms with Crippen molar-refractivity contribution in [3.05, 3.63) is 54.4 Å². The maximum absolute atomic E-state index is 13.3. The summed E-state index contributed by atoms with van der Waals surface area (Å²) < 4.78 is 11.1. The molecule has 176 valence electrons. The Hall–Kier alpha value is -2.97. The zero-order valence-corrected chi connectivity index (χ0v) is 19.2. The second-order valence-corrected chi connectivity index (χ2v) is 8.45. The molecule has 8 nitrogen and oxygen atoms in total. The van der Waals surface area contributed by atoms with Gasteiger partial charge in [-0.2, -0.15) is 0 Å². The molecule has 0 saturated carbocycles. The Balaban J connectivity index is 1.39. The van der Waals surface area contributed by atoms with Crippen LogP contribution in [0.15, 0.2) is 48.8 Å². The van der Waals surface area contributed by atoms with Gasteiger partial charge in [0.1, 0.15) is 5.75 Å². The molecule has 33 heavy (non-hydrogen) atoms. The third kappa shape index (κ3) is 6.09. The van der Waals surface area contributed by atoms with Crippen LogP contribution in [-0.4, -0.2) is 78.6 Å². The van der Waals surface area contributed by atoms with Crippen molar-refractivity contribution in [2.24, 2.45) is 0 Å². The van der Waals surface area contributed by atoms with Crippen LogP contribution >= 0.6 is 0 Å². The SMILES string of the molecule is CC1Oc2ccccc2N(CCC(=O)N(CCCN2CCOCC2)Cc2ccncc2)C1=O. The summed E-state index contributed by atoms with van der Waals surface area (Å²) in [5.41, 5.74) is 1.77. The highest BCUT2D eigenvalue weighted by Crippen LogP contribution is 2.33. The number of hydrogen-bond donors (Lipinski definition) is 0. The molecule has 1 atom stereocenters. The lowest BCUT2D eigenvalue weighted by Gasteiger charge is -2.33. The zero-order valence-electron chi connectivity index (χ0n) is 19.2. The summed E-state index contributed by atoms with van der Waals surface area (Å²) in [5, 5.41) is 0. The van der Waals surface area contributed by atoms with Crippen LogP contribution in [0.3, 0.4) is 0 Å². The van der Waals surface area contributed by atoms with Gasteiger partial charge in [0, 0.05) is 58.1 Å². The van der Waals surface area contributed by atoms with Gasteiger partial charge in [-0.3, -0.25) is 19.5 Å². The maximum Gasteiger partial charge on any atom is 0.267 e. The van der Waals surface area contributed by atoms with Crippen molar-refractivity contribution in [3.8, 4) is 5.75 Å². The quantitative estimate of drug-likeness (QED) is 0.581. The van der Waals surface area contributed by atoms with E-state index in [1.54, 1.807) is 24.2 Å². The van der Waals surface area contributed by atoms with Gasteiger partial charge in [-0.25, -0.2) is 0 Å². The van der Waals surface area contributed by atoms with Crippen molar-refractivity contribution in [2.45, 2.75) is 32.4 Å². The molecule has 2 aliphatic heterocycles. The number of rotatable bonds is 9. The highest BCUT2D eigenvalue weighted by atomic mass is 16.5. The van der Waals surface area contributed by atoms with Crippen LogP contribution < -0.4 is 9.64 Å². The number of pyridine rings is 1. The van der Waals surface area contributed by atoms with Gasteiger partial charge in [0.15, 0.2) is 6.10 Å². The first kappa shape index (κ1) is 23.2. The smallest absolute Gasteiger partial charge is 0.267 e. The third-order valence-corrected chi connectivity index (χ3v) is 6.10. The molecule has 1 aromatic heterocycles. The predicted molar refractivity (Wildman–Crippen MR) is 125 cm³/mol. The van der Waals surface area contributed by atoms with Crippen LogP contribution in [-0.2, 0) is 20.9 Å². The summed E-state index contributed by atoms with van der Waals surface area (Å²) in [7, 11) is 0. The molecule has 0 spiro atoms. The first-order valence-corrected chi connectivity index (χ1v) is 11.7. The standard InChI is InChI=1S/C25H32N4O4/c1-20-25(31)29(22-5-2-3-6-23(22)33-20)14-9-24(30)28(19-21-7-10-26-11-8-21)13-4-12-27-15-17-32-18-16-27/h2-3,5-8,10-11,20H,4,9,12-19H2,1H3. The number of fused-ring (bicyclic) bond motifs is 1. The van der Waals surface area contributed by atoms with Crippen LogP contribution in [0.25, 0.3) is 0 Å². The van der Waals surface area contributed by atoms with E-state index in [9.17, 15) is 9.59 Å². The molecule has 4 rings (SSSR count). The lowest BCUT2D eigenvalue weighted by Crippen LogP contribution is -2.46. The molecule has 2 aliphatic rings. The summed E-state index contributed by atoms with van der Waals surface area (Å²) in [6.07, 6.45) is 4.09. The third-order valence-electron chi connectivity index (χ3n) is 6.10. The largest absolute Gasteiger partial charge is 0.479 e. The van der Waals surface area contributed by atoms with Crippen molar-refractivity contribution >= 4 is 17.5 Å². The number of anilines is 1. The van der Waals surface area contributed by atoms with Gasteiger partial charge >= 0.3 is 0 Å². The molecule has 1 fully saturated rings. The number of para-hydroxylation sites is 2. The molecule has 2 aromatic rings. The van der Waals surface area contributed by atoms with Crippen LogP contribution in [0.4, 0.5) is 5.69 Å². The minimum Gasteiger partial charge on any atom is -0.479 e. The van der Waals surface area contributed by atoms with Gasteiger partial charge in [-0.1, -0.05) is 12.1 Å². The number of hydrogen-bond acceptors (Lipinski definition) is 6. The van der Waals surface area contributed by atoms with E-state index in [0.29, 0.717) is 25.4 Å². The minimum atomic E-state index is -0.559. The van der Waals surface area contributed by atoms with Crippen molar-refractivity contribution in [3.63, 3.8) is 0 Å². The summed E-state index contributed by atoms with van der Waals surface area (Å²) in [5.74, 6) is 0.601. The molecule has 8 heteroatoms. The fourth-order valence-corrected chi connectivity index (χ4v) is 4.27. The number of morpholine rings is 1. The fourth-order valence-electron chi connectivity index (χ4n) is 4.27. The number of ether oxygens (including phenoxy) is 2. The number of amides is 2. The normalized spacial score (nSPS) is 18.5. The number of carbonyl (C=O) groups excluding carboxylic acids is 2. The van der Waals surface area contributed by atoms with Crippen molar-refractivity contribution in [1.29, 1.82) is 0 Å². The van der Waals surface area contributed by atoms with E-state index in [-0.39, 0.29) is 18.2 Å². The van der Waals surface area contributed by atoms with Crippen molar-refractivity contribution < 1.29 is 19.1 Å². The topological polar surface area (TPSA) is 75.2 Å². The summed E-state index contributed by atoms with van der Waals surface area (Å²) >= 11 is 0. The van der Waals surface area contributed by atoms with E-state index < -0.39 is 6.10 Å². The molecule has 3 heterocycles. The monoisotopic (exact) mass is 452 g/mol. The van der Waals surface area contributed by atoms with Gasteiger partial charge < -0.3 is 19.3 Å². The zero-order chi connectivity index (χ0) is 23.0. The molecule has 1 saturated heterocycles. The molecule has 1 aromatic carbocycles. The molecular weight excluding hydrogens is 420 g/mol. The Morgan fingerprint density at radius 2 is 1.88 bits per heavy atom. The number of nitrogens with zero attached hydrogens (tertiary/aromatic N) is 4. The molecule has 1 unspecified atom stereocenters. The van der Waals surface area contributed by atoms with Crippen LogP contribution in [0.2, 0.25) is 0 Å². The number of aromatic nitrogens is 1. The van der Waals surface area contributed by atoms with Gasteiger partial charge in [0.2, 0.25) is 5.91 Å². The highest BCUT2D eigenvalue weighted by Gasteiger charge is 2.31. The van der Waals surface area contributed by atoms with Gasteiger partial charge in [-0.15, -0.1) is 0 Å². The van der Waals surface area contributed by atoms with Gasteiger partial charge in [-0.05, 0) is 43.2 Å². The lowest BCUT2D eigenvalue weighted by atomic mass is 10.1. The molecule has 0 bridgehead atoms. The Bertz CT molecular complexity index is 933. The van der Waals surface area contributed by atoms with Gasteiger partial charge in [0.05, 0.1) is 18.9 Å². The minimum absolute atomic E-state index is 0.0400. The Morgan fingerprint density at radius 3 is 2.67 bits per heavy atom. The molecular formula is C25H32N4O4. The fraction of sp³-hybridized carbons (Fsp3) is 0.480. The first-order chi connectivity index (χ1) is 16.1.